The molecule has 3 rings (SSSR count). The van der Waals surface area contributed by atoms with Gasteiger partial charge in [0, 0.05) is 38.3 Å². The van der Waals surface area contributed by atoms with Crippen molar-refractivity contribution in [3.05, 3.63) is 17.5 Å². The maximum Gasteiger partial charge on any atom is 0.292 e. The molecule has 0 aromatic carbocycles. The number of ether oxygens (including phenoxy) is 1. The van der Waals surface area contributed by atoms with Crippen molar-refractivity contribution in [1.29, 1.82) is 0 Å². The van der Waals surface area contributed by atoms with Gasteiger partial charge in [-0.15, -0.1) is 0 Å². The second kappa shape index (κ2) is 7.01. The van der Waals surface area contributed by atoms with Crippen molar-refractivity contribution in [2.45, 2.75) is 39.2 Å². The minimum absolute atomic E-state index is 0.0291. The number of hydrogen-bond acceptors (Lipinski definition) is 5. The van der Waals surface area contributed by atoms with Crippen LogP contribution in [-0.4, -0.2) is 66.3 Å². The number of carbonyl (C=O) groups is 1. The molecule has 1 aromatic rings. The monoisotopic (exact) mass is 321 g/mol. The Morgan fingerprint density at radius 3 is 2.70 bits per heavy atom. The summed E-state index contributed by atoms with van der Waals surface area (Å²) < 4.78 is 10.7. The lowest BCUT2D eigenvalue weighted by Crippen LogP contribution is -2.47. The molecule has 3 heterocycles. The van der Waals surface area contributed by atoms with Gasteiger partial charge in [0.25, 0.3) is 5.91 Å². The quantitative estimate of drug-likeness (QED) is 0.849. The molecule has 128 valence electrons. The fourth-order valence-electron chi connectivity index (χ4n) is 3.56. The van der Waals surface area contributed by atoms with Gasteiger partial charge in [0.2, 0.25) is 5.76 Å². The van der Waals surface area contributed by atoms with E-state index >= 15 is 0 Å². The van der Waals surface area contributed by atoms with E-state index in [9.17, 15) is 4.79 Å². The third-order valence-corrected chi connectivity index (χ3v) is 5.06. The van der Waals surface area contributed by atoms with Crippen molar-refractivity contribution in [2.75, 3.05) is 39.4 Å². The Labute approximate surface area is 137 Å². The Balaban J connectivity index is 1.69. The maximum absolute atomic E-state index is 12.7. The fraction of sp³-hybridized carbons (Fsp3) is 0.765. The van der Waals surface area contributed by atoms with E-state index in [4.69, 9.17) is 9.26 Å². The van der Waals surface area contributed by atoms with Gasteiger partial charge >= 0.3 is 0 Å². The average Bonchev–Trinajstić information content (AvgIpc) is 3.22. The Kier molecular flexibility index (Phi) is 5.02. The van der Waals surface area contributed by atoms with Crippen LogP contribution in [0.1, 0.15) is 49.4 Å². The van der Waals surface area contributed by atoms with Gasteiger partial charge in [0.05, 0.1) is 18.9 Å². The molecule has 6 heteroatoms. The molecule has 0 bridgehead atoms. The Bertz CT molecular complexity index is 537. The first-order chi connectivity index (χ1) is 11.1. The van der Waals surface area contributed by atoms with E-state index in [1.54, 1.807) is 6.07 Å². The zero-order chi connectivity index (χ0) is 16.4. The molecule has 0 spiro atoms. The number of amides is 1. The highest BCUT2D eigenvalue weighted by molar-refractivity contribution is 5.91. The summed E-state index contributed by atoms with van der Waals surface area (Å²) in [5.74, 6) is 1.12. The van der Waals surface area contributed by atoms with Crippen molar-refractivity contribution in [2.24, 2.45) is 5.92 Å². The van der Waals surface area contributed by atoms with Gasteiger partial charge in [-0.05, 0) is 11.8 Å². The van der Waals surface area contributed by atoms with Crippen molar-refractivity contribution in [1.82, 2.24) is 15.0 Å². The summed E-state index contributed by atoms with van der Waals surface area (Å²) in [6.07, 6.45) is 1.08. The maximum atomic E-state index is 12.7. The standard InChI is InChI=1S/C17H27N3O3/c1-4-13-10-20(11-15(13)19-5-7-22-8-6-19)17(21)16-9-14(12(2)3)18-23-16/h9,12-13,15H,4-8,10-11H2,1-3H3. The summed E-state index contributed by atoms with van der Waals surface area (Å²) in [5.41, 5.74) is 0.837. The zero-order valence-corrected chi connectivity index (χ0v) is 14.3. The Morgan fingerprint density at radius 1 is 1.35 bits per heavy atom. The van der Waals surface area contributed by atoms with Crippen LogP contribution in [-0.2, 0) is 4.74 Å². The molecule has 0 N–H and O–H groups in total. The minimum Gasteiger partial charge on any atom is -0.379 e. The van der Waals surface area contributed by atoms with E-state index in [0.29, 0.717) is 17.7 Å². The van der Waals surface area contributed by atoms with E-state index in [1.807, 2.05) is 18.7 Å². The van der Waals surface area contributed by atoms with Gasteiger partial charge < -0.3 is 14.2 Å². The molecular formula is C17H27N3O3. The Hall–Kier alpha value is -1.40. The van der Waals surface area contributed by atoms with E-state index in [1.165, 1.54) is 0 Å². The van der Waals surface area contributed by atoms with Crippen molar-refractivity contribution >= 4 is 5.91 Å². The largest absolute Gasteiger partial charge is 0.379 e. The Morgan fingerprint density at radius 2 is 2.09 bits per heavy atom. The minimum atomic E-state index is -0.0291. The van der Waals surface area contributed by atoms with E-state index < -0.39 is 0 Å². The summed E-state index contributed by atoms with van der Waals surface area (Å²) in [5, 5.41) is 4.01. The van der Waals surface area contributed by atoms with Gasteiger partial charge in [-0.1, -0.05) is 32.3 Å². The number of nitrogens with zero attached hydrogens (tertiary/aromatic N) is 3. The second-order valence-electron chi connectivity index (χ2n) is 6.86. The molecular weight excluding hydrogens is 294 g/mol. The lowest BCUT2D eigenvalue weighted by Gasteiger charge is -2.34. The number of rotatable bonds is 4. The second-order valence-corrected chi connectivity index (χ2v) is 6.86. The molecule has 2 fully saturated rings. The smallest absolute Gasteiger partial charge is 0.292 e. The highest BCUT2D eigenvalue weighted by Gasteiger charge is 2.39. The number of aromatic nitrogens is 1. The number of likely N-dealkylation sites (tertiary alicyclic amines) is 1. The van der Waals surface area contributed by atoms with Crippen molar-refractivity contribution < 1.29 is 14.1 Å². The third-order valence-electron chi connectivity index (χ3n) is 5.06. The van der Waals surface area contributed by atoms with Crippen LogP contribution >= 0.6 is 0 Å². The first kappa shape index (κ1) is 16.5. The summed E-state index contributed by atoms with van der Waals surface area (Å²) >= 11 is 0. The molecule has 0 aliphatic carbocycles. The van der Waals surface area contributed by atoms with E-state index in [-0.39, 0.29) is 11.8 Å². The predicted octanol–water partition coefficient (Wildman–Crippen LogP) is 1.98. The predicted molar refractivity (Wildman–Crippen MR) is 86.5 cm³/mol. The van der Waals surface area contributed by atoms with Crippen LogP contribution in [0.25, 0.3) is 0 Å². The summed E-state index contributed by atoms with van der Waals surface area (Å²) in [6.45, 7) is 11.4. The number of carbonyl (C=O) groups excluding carboxylic acids is 1. The molecule has 2 atom stereocenters. The van der Waals surface area contributed by atoms with Crippen molar-refractivity contribution in [3.8, 4) is 0 Å². The van der Waals surface area contributed by atoms with Gasteiger partial charge in [0.1, 0.15) is 0 Å². The normalized spacial score (nSPS) is 26.2. The molecule has 2 aliphatic rings. The first-order valence-corrected chi connectivity index (χ1v) is 8.67. The molecule has 2 saturated heterocycles. The highest BCUT2D eigenvalue weighted by Crippen LogP contribution is 2.27. The van der Waals surface area contributed by atoms with E-state index in [0.717, 1.165) is 51.5 Å². The lowest BCUT2D eigenvalue weighted by molar-refractivity contribution is 0.0102. The van der Waals surface area contributed by atoms with Gasteiger partial charge in [-0.3, -0.25) is 9.69 Å². The SMILES string of the molecule is CCC1CN(C(=O)c2cc(C(C)C)no2)CC1N1CCOCC1. The van der Waals surface area contributed by atoms with Gasteiger partial charge in [-0.2, -0.15) is 0 Å². The first-order valence-electron chi connectivity index (χ1n) is 8.67. The van der Waals surface area contributed by atoms with Crippen molar-refractivity contribution in [3.63, 3.8) is 0 Å². The fourth-order valence-corrected chi connectivity index (χ4v) is 3.56. The molecule has 0 saturated carbocycles. The summed E-state index contributed by atoms with van der Waals surface area (Å²) in [7, 11) is 0. The number of hydrogen-bond donors (Lipinski definition) is 0. The van der Waals surface area contributed by atoms with Crippen LogP contribution in [0, 0.1) is 5.92 Å². The zero-order valence-electron chi connectivity index (χ0n) is 14.3. The van der Waals surface area contributed by atoms with Crippen LogP contribution in [0.3, 0.4) is 0 Å². The van der Waals surface area contributed by atoms with Crippen LogP contribution in [0.5, 0.6) is 0 Å². The molecule has 2 aliphatic heterocycles. The molecule has 6 nitrogen and oxygen atoms in total. The van der Waals surface area contributed by atoms with Gasteiger partial charge in [-0.25, -0.2) is 0 Å². The lowest BCUT2D eigenvalue weighted by atomic mass is 9.99. The molecule has 2 unspecified atom stereocenters. The van der Waals surface area contributed by atoms with Crippen LogP contribution < -0.4 is 0 Å². The molecule has 1 amide bonds. The number of morpholine rings is 1. The van der Waals surface area contributed by atoms with Crippen LogP contribution in [0.4, 0.5) is 0 Å². The van der Waals surface area contributed by atoms with Crippen LogP contribution in [0.15, 0.2) is 10.6 Å². The highest BCUT2D eigenvalue weighted by atomic mass is 16.5. The molecule has 23 heavy (non-hydrogen) atoms. The summed E-state index contributed by atoms with van der Waals surface area (Å²) in [4.78, 5) is 17.1. The van der Waals surface area contributed by atoms with E-state index in [2.05, 4.69) is 17.0 Å². The topological polar surface area (TPSA) is 58.8 Å². The van der Waals surface area contributed by atoms with Crippen LogP contribution in [0.2, 0.25) is 0 Å². The van der Waals surface area contributed by atoms with Gasteiger partial charge in [0.15, 0.2) is 0 Å². The average molecular weight is 321 g/mol. The molecule has 0 radical (unpaired) electrons. The summed E-state index contributed by atoms with van der Waals surface area (Å²) in [6, 6.07) is 2.22. The third kappa shape index (κ3) is 3.43. The molecule has 1 aromatic heterocycles.